The zero-order valence-corrected chi connectivity index (χ0v) is 14.6. The standard InChI is InChI=1S/C19H20N2O6/c22-16(14-6-4-10-27-14)21-15(13-5-3-9-26-13)12(17(23)24)11-19(21)7-1-2-8-20-18(19)25/h3-6,9-10,12,15H,1-2,7-8,11H2,(H,20,25)(H,23,24)/t12-,15+,19-/m0/s1. The van der Waals surface area contributed by atoms with Crippen LogP contribution in [0.4, 0.5) is 0 Å². The summed E-state index contributed by atoms with van der Waals surface area (Å²) in [6.45, 7) is 0.506. The van der Waals surface area contributed by atoms with Crippen molar-refractivity contribution in [3.63, 3.8) is 0 Å². The summed E-state index contributed by atoms with van der Waals surface area (Å²) in [7, 11) is 0. The molecule has 2 aliphatic heterocycles. The second-order valence-corrected chi connectivity index (χ2v) is 7.01. The maximum atomic E-state index is 13.3. The predicted molar refractivity (Wildman–Crippen MR) is 91.7 cm³/mol. The van der Waals surface area contributed by atoms with E-state index in [1.165, 1.54) is 23.5 Å². The normalized spacial score (nSPS) is 28.1. The van der Waals surface area contributed by atoms with Crippen molar-refractivity contribution in [3.05, 3.63) is 48.3 Å². The van der Waals surface area contributed by atoms with E-state index < -0.39 is 29.4 Å². The van der Waals surface area contributed by atoms with Crippen LogP contribution in [0.25, 0.3) is 0 Å². The van der Waals surface area contributed by atoms with E-state index in [1.807, 2.05) is 0 Å². The molecule has 2 aromatic rings. The monoisotopic (exact) mass is 372 g/mol. The molecule has 2 amide bonds. The Morgan fingerprint density at radius 3 is 2.63 bits per heavy atom. The van der Waals surface area contributed by atoms with Crippen molar-refractivity contribution in [3.8, 4) is 0 Å². The molecule has 0 aliphatic carbocycles. The molecule has 8 nitrogen and oxygen atoms in total. The number of carboxylic acid groups (broad SMARTS) is 1. The quantitative estimate of drug-likeness (QED) is 0.854. The van der Waals surface area contributed by atoms with Crippen molar-refractivity contribution in [2.75, 3.05) is 6.54 Å². The van der Waals surface area contributed by atoms with E-state index in [0.29, 0.717) is 25.1 Å². The van der Waals surface area contributed by atoms with Gasteiger partial charge in [0, 0.05) is 6.54 Å². The highest BCUT2D eigenvalue weighted by molar-refractivity contribution is 5.99. The summed E-state index contributed by atoms with van der Waals surface area (Å²) in [6, 6.07) is 5.48. The van der Waals surface area contributed by atoms with Crippen molar-refractivity contribution in [1.82, 2.24) is 10.2 Å². The lowest BCUT2D eigenvalue weighted by Crippen LogP contribution is -2.57. The van der Waals surface area contributed by atoms with Crippen molar-refractivity contribution in [2.24, 2.45) is 5.92 Å². The van der Waals surface area contributed by atoms with E-state index in [9.17, 15) is 19.5 Å². The molecular formula is C19H20N2O6. The Kier molecular flexibility index (Phi) is 4.25. The number of likely N-dealkylation sites (tertiary alicyclic amines) is 1. The van der Waals surface area contributed by atoms with E-state index in [0.717, 1.165) is 6.42 Å². The fourth-order valence-electron chi connectivity index (χ4n) is 4.31. The molecule has 8 heteroatoms. The van der Waals surface area contributed by atoms with Gasteiger partial charge in [-0.25, -0.2) is 0 Å². The van der Waals surface area contributed by atoms with Gasteiger partial charge in [-0.05, 0) is 49.9 Å². The number of carbonyl (C=O) groups is 3. The number of nitrogens with one attached hydrogen (secondary N) is 1. The number of rotatable bonds is 3. The van der Waals surface area contributed by atoms with Gasteiger partial charge in [0.25, 0.3) is 5.91 Å². The van der Waals surface area contributed by atoms with Crippen LogP contribution < -0.4 is 5.32 Å². The highest BCUT2D eigenvalue weighted by atomic mass is 16.4. The molecule has 0 bridgehead atoms. The summed E-state index contributed by atoms with van der Waals surface area (Å²) >= 11 is 0. The van der Waals surface area contributed by atoms with Gasteiger partial charge in [-0.15, -0.1) is 0 Å². The van der Waals surface area contributed by atoms with E-state index in [4.69, 9.17) is 8.83 Å². The molecule has 2 N–H and O–H groups in total. The Hall–Kier alpha value is -3.03. The average Bonchev–Trinajstić information content (AvgIpc) is 3.37. The van der Waals surface area contributed by atoms with Crippen LogP contribution in [0.5, 0.6) is 0 Å². The van der Waals surface area contributed by atoms with Gasteiger partial charge in [0.1, 0.15) is 17.3 Å². The molecule has 142 valence electrons. The summed E-state index contributed by atoms with van der Waals surface area (Å²) in [4.78, 5) is 39.8. The molecule has 0 unspecified atom stereocenters. The number of carboxylic acids is 1. The number of nitrogens with zero attached hydrogens (tertiary/aromatic N) is 1. The Labute approximate surface area is 155 Å². The molecule has 0 radical (unpaired) electrons. The van der Waals surface area contributed by atoms with E-state index in [-0.39, 0.29) is 18.1 Å². The van der Waals surface area contributed by atoms with Crippen LogP contribution in [0, 0.1) is 5.92 Å². The molecule has 4 rings (SSSR count). The molecule has 4 heterocycles. The molecule has 2 aromatic heterocycles. The lowest BCUT2D eigenvalue weighted by Gasteiger charge is -2.38. The molecular weight excluding hydrogens is 352 g/mol. The van der Waals surface area contributed by atoms with E-state index in [1.54, 1.807) is 18.2 Å². The number of carbonyl (C=O) groups excluding carboxylic acids is 2. The highest BCUT2D eigenvalue weighted by Crippen LogP contribution is 2.50. The Bertz CT molecular complexity index is 844. The molecule has 1 spiro atoms. The summed E-state index contributed by atoms with van der Waals surface area (Å²) < 4.78 is 10.7. The van der Waals surface area contributed by atoms with Gasteiger partial charge in [0.15, 0.2) is 5.76 Å². The number of furan rings is 2. The third-order valence-corrected chi connectivity index (χ3v) is 5.51. The maximum Gasteiger partial charge on any atom is 0.309 e. The molecule has 0 saturated carbocycles. The number of hydrogen-bond acceptors (Lipinski definition) is 5. The van der Waals surface area contributed by atoms with Gasteiger partial charge in [-0.2, -0.15) is 0 Å². The van der Waals surface area contributed by atoms with Crippen LogP contribution in [0.15, 0.2) is 45.6 Å². The largest absolute Gasteiger partial charge is 0.481 e. The minimum absolute atomic E-state index is 0.0337. The lowest BCUT2D eigenvalue weighted by atomic mass is 9.86. The molecule has 3 atom stereocenters. The first-order chi connectivity index (χ1) is 13.0. The predicted octanol–water partition coefficient (Wildman–Crippen LogP) is 2.20. The van der Waals surface area contributed by atoms with Crippen molar-refractivity contribution >= 4 is 17.8 Å². The van der Waals surface area contributed by atoms with Gasteiger partial charge >= 0.3 is 5.97 Å². The lowest BCUT2D eigenvalue weighted by molar-refractivity contribution is -0.142. The molecule has 27 heavy (non-hydrogen) atoms. The first-order valence-electron chi connectivity index (χ1n) is 8.96. The summed E-state index contributed by atoms with van der Waals surface area (Å²) in [5.74, 6) is -2.45. The smallest absolute Gasteiger partial charge is 0.309 e. The minimum atomic E-state index is -1.25. The van der Waals surface area contributed by atoms with Crippen LogP contribution in [0.1, 0.15) is 48.0 Å². The van der Waals surface area contributed by atoms with E-state index in [2.05, 4.69) is 5.32 Å². The highest BCUT2D eigenvalue weighted by Gasteiger charge is 2.61. The molecule has 0 aromatic carbocycles. The fourth-order valence-corrected chi connectivity index (χ4v) is 4.31. The first-order valence-corrected chi connectivity index (χ1v) is 8.96. The number of amides is 2. The average molecular weight is 372 g/mol. The van der Waals surface area contributed by atoms with Crippen LogP contribution >= 0.6 is 0 Å². The summed E-state index contributed by atoms with van der Waals surface area (Å²) in [6.07, 6.45) is 4.72. The second kappa shape index (κ2) is 6.61. The van der Waals surface area contributed by atoms with Crippen LogP contribution in [-0.2, 0) is 9.59 Å². The Morgan fingerprint density at radius 1 is 1.19 bits per heavy atom. The van der Waals surface area contributed by atoms with Gasteiger partial charge in [-0.3, -0.25) is 14.4 Å². The zero-order chi connectivity index (χ0) is 19.0. The van der Waals surface area contributed by atoms with Crippen LogP contribution in [0.3, 0.4) is 0 Å². The Morgan fingerprint density at radius 2 is 1.96 bits per heavy atom. The third-order valence-electron chi connectivity index (χ3n) is 5.51. The third kappa shape index (κ3) is 2.72. The van der Waals surface area contributed by atoms with Gasteiger partial charge in [0.2, 0.25) is 5.91 Å². The summed E-state index contributed by atoms with van der Waals surface area (Å²) in [5.41, 5.74) is -1.25. The first kappa shape index (κ1) is 17.4. The van der Waals surface area contributed by atoms with Crippen molar-refractivity contribution in [2.45, 2.75) is 37.3 Å². The zero-order valence-electron chi connectivity index (χ0n) is 14.6. The topological polar surface area (TPSA) is 113 Å². The van der Waals surface area contributed by atoms with Crippen LogP contribution in [-0.4, -0.2) is 39.9 Å². The minimum Gasteiger partial charge on any atom is -0.481 e. The van der Waals surface area contributed by atoms with Crippen molar-refractivity contribution < 1.29 is 28.3 Å². The van der Waals surface area contributed by atoms with Gasteiger partial charge in [-0.1, -0.05) is 0 Å². The summed E-state index contributed by atoms with van der Waals surface area (Å²) in [5, 5.41) is 12.7. The fraction of sp³-hybridized carbons (Fsp3) is 0.421. The molecule has 2 saturated heterocycles. The number of hydrogen-bond donors (Lipinski definition) is 2. The van der Waals surface area contributed by atoms with E-state index >= 15 is 0 Å². The van der Waals surface area contributed by atoms with Gasteiger partial charge < -0.3 is 24.2 Å². The SMILES string of the molecule is O=C(O)[C@H]1C[C@]2(CCCCNC2=O)N(C(=O)c2ccco2)[C@H]1c1ccco1. The Balaban J connectivity index is 1.88. The van der Waals surface area contributed by atoms with Crippen LogP contribution in [0.2, 0.25) is 0 Å². The maximum absolute atomic E-state index is 13.3. The molecule has 2 aliphatic rings. The second-order valence-electron chi connectivity index (χ2n) is 7.01. The number of aliphatic carboxylic acids is 1. The van der Waals surface area contributed by atoms with Gasteiger partial charge in [0.05, 0.1) is 18.4 Å². The molecule has 2 fully saturated rings. The van der Waals surface area contributed by atoms with Crippen molar-refractivity contribution in [1.29, 1.82) is 0 Å².